The number of hydrogen-bond acceptors (Lipinski definition) is 3. The van der Waals surface area contributed by atoms with Gasteiger partial charge in [0, 0.05) is 32.1 Å². The topological polar surface area (TPSA) is 58.4 Å². The third-order valence-corrected chi connectivity index (χ3v) is 2.00. The van der Waals surface area contributed by atoms with Crippen molar-refractivity contribution in [2.45, 2.75) is 33.2 Å². The molecule has 0 rings (SSSR count). The average Bonchev–Trinajstić information content (AvgIpc) is 2.11. The van der Waals surface area contributed by atoms with Crippen LogP contribution in [0.3, 0.4) is 0 Å². The minimum atomic E-state index is 0.121. The molecule has 4 nitrogen and oxygen atoms in total. The first-order chi connectivity index (χ1) is 6.60. The molecule has 0 spiro atoms. The molecule has 0 bridgehead atoms. The second-order valence-corrected chi connectivity index (χ2v) is 3.70. The van der Waals surface area contributed by atoms with Gasteiger partial charge in [-0.3, -0.25) is 4.79 Å². The summed E-state index contributed by atoms with van der Waals surface area (Å²) in [5, 5.41) is 2.87. The van der Waals surface area contributed by atoms with Crippen LogP contribution in [-0.4, -0.2) is 43.0 Å². The van der Waals surface area contributed by atoms with E-state index in [1.807, 2.05) is 13.8 Å². The van der Waals surface area contributed by atoms with Gasteiger partial charge in [0.15, 0.2) is 0 Å². The lowest BCUT2D eigenvalue weighted by molar-refractivity contribution is -0.121. The Labute approximate surface area is 86.8 Å². The lowest BCUT2D eigenvalue weighted by Crippen LogP contribution is -2.36. The average molecular weight is 201 g/mol. The van der Waals surface area contributed by atoms with Crippen LogP contribution < -0.4 is 11.1 Å². The number of amides is 1. The number of nitrogens with one attached hydrogen (secondary N) is 1. The molecule has 0 aromatic rings. The molecule has 0 aliphatic heterocycles. The quantitative estimate of drug-likeness (QED) is 0.618. The van der Waals surface area contributed by atoms with Crippen LogP contribution in [0.15, 0.2) is 0 Å². The molecule has 0 aliphatic carbocycles. The highest BCUT2D eigenvalue weighted by atomic mass is 16.1. The number of likely N-dealkylation sites (N-methyl/N-ethyl adjacent to an activating group) is 1. The van der Waals surface area contributed by atoms with E-state index in [0.29, 0.717) is 13.0 Å². The second kappa shape index (κ2) is 7.76. The summed E-state index contributed by atoms with van der Waals surface area (Å²) in [7, 11) is 0. The molecule has 0 saturated carbocycles. The number of rotatable bonds is 7. The van der Waals surface area contributed by atoms with E-state index in [4.69, 9.17) is 5.73 Å². The normalized spacial score (nSPS) is 11.0. The monoisotopic (exact) mass is 201 g/mol. The molecule has 0 aromatic heterocycles. The molecule has 0 aromatic carbocycles. The lowest BCUT2D eigenvalue weighted by atomic mass is 10.3. The van der Waals surface area contributed by atoms with Gasteiger partial charge >= 0.3 is 0 Å². The van der Waals surface area contributed by atoms with Gasteiger partial charge in [-0.1, -0.05) is 6.92 Å². The first-order valence-corrected chi connectivity index (χ1v) is 5.32. The van der Waals surface area contributed by atoms with Crippen molar-refractivity contribution in [3.05, 3.63) is 0 Å². The van der Waals surface area contributed by atoms with Crippen molar-refractivity contribution in [1.82, 2.24) is 10.2 Å². The van der Waals surface area contributed by atoms with Crippen molar-refractivity contribution < 1.29 is 4.79 Å². The van der Waals surface area contributed by atoms with Crippen LogP contribution in [-0.2, 0) is 4.79 Å². The Morgan fingerprint density at radius 3 is 2.50 bits per heavy atom. The van der Waals surface area contributed by atoms with E-state index in [9.17, 15) is 4.79 Å². The zero-order valence-electron chi connectivity index (χ0n) is 9.55. The number of carbonyl (C=O) groups is 1. The van der Waals surface area contributed by atoms with E-state index < -0.39 is 0 Å². The standard InChI is InChI=1S/C10H23N3O/c1-4-13(8-6-11)7-5-10(14)12-9(2)3/h9H,4-8,11H2,1-3H3,(H,12,14). The second-order valence-electron chi connectivity index (χ2n) is 3.70. The van der Waals surface area contributed by atoms with E-state index in [2.05, 4.69) is 17.1 Å². The predicted molar refractivity (Wildman–Crippen MR) is 59.1 cm³/mol. The van der Waals surface area contributed by atoms with Crippen LogP contribution in [0.4, 0.5) is 0 Å². The Bertz CT molecular complexity index is 159. The maximum Gasteiger partial charge on any atom is 0.221 e. The fraction of sp³-hybridized carbons (Fsp3) is 0.900. The molecule has 84 valence electrons. The van der Waals surface area contributed by atoms with Gasteiger partial charge in [0.05, 0.1) is 0 Å². The van der Waals surface area contributed by atoms with E-state index in [1.165, 1.54) is 0 Å². The number of nitrogens with two attached hydrogens (primary N) is 1. The fourth-order valence-electron chi connectivity index (χ4n) is 1.26. The van der Waals surface area contributed by atoms with Gasteiger partial charge in [0.2, 0.25) is 5.91 Å². The van der Waals surface area contributed by atoms with Crippen molar-refractivity contribution in [2.75, 3.05) is 26.2 Å². The Balaban J connectivity index is 3.62. The van der Waals surface area contributed by atoms with Crippen molar-refractivity contribution in [1.29, 1.82) is 0 Å². The van der Waals surface area contributed by atoms with Crippen LogP contribution >= 0.6 is 0 Å². The molecular formula is C10H23N3O. The van der Waals surface area contributed by atoms with Crippen LogP contribution in [0.5, 0.6) is 0 Å². The highest BCUT2D eigenvalue weighted by molar-refractivity contribution is 5.76. The van der Waals surface area contributed by atoms with Gasteiger partial charge < -0.3 is 16.0 Å². The molecule has 4 heteroatoms. The van der Waals surface area contributed by atoms with E-state index in [-0.39, 0.29) is 11.9 Å². The molecule has 0 radical (unpaired) electrons. The maximum absolute atomic E-state index is 11.3. The van der Waals surface area contributed by atoms with Crippen LogP contribution in [0.2, 0.25) is 0 Å². The van der Waals surface area contributed by atoms with Crippen molar-refractivity contribution in [3.63, 3.8) is 0 Å². The van der Waals surface area contributed by atoms with Crippen LogP contribution in [0.1, 0.15) is 27.2 Å². The molecule has 3 N–H and O–H groups in total. The molecule has 14 heavy (non-hydrogen) atoms. The van der Waals surface area contributed by atoms with Crippen LogP contribution in [0, 0.1) is 0 Å². The highest BCUT2D eigenvalue weighted by Crippen LogP contribution is 1.91. The first-order valence-electron chi connectivity index (χ1n) is 5.32. The van der Waals surface area contributed by atoms with E-state index in [0.717, 1.165) is 19.6 Å². The Morgan fingerprint density at radius 1 is 1.43 bits per heavy atom. The van der Waals surface area contributed by atoms with Gasteiger partial charge in [-0.15, -0.1) is 0 Å². The van der Waals surface area contributed by atoms with Gasteiger partial charge in [0.1, 0.15) is 0 Å². The number of carbonyl (C=O) groups excluding carboxylic acids is 1. The first kappa shape index (κ1) is 13.4. The van der Waals surface area contributed by atoms with Crippen molar-refractivity contribution in [3.8, 4) is 0 Å². The maximum atomic E-state index is 11.3. The molecule has 0 fully saturated rings. The number of nitrogens with zero attached hydrogens (tertiary/aromatic N) is 1. The molecular weight excluding hydrogens is 178 g/mol. The molecule has 0 atom stereocenters. The van der Waals surface area contributed by atoms with E-state index >= 15 is 0 Å². The summed E-state index contributed by atoms with van der Waals surface area (Å²) in [4.78, 5) is 13.5. The molecule has 1 amide bonds. The third kappa shape index (κ3) is 6.86. The Morgan fingerprint density at radius 2 is 2.07 bits per heavy atom. The summed E-state index contributed by atoms with van der Waals surface area (Å²) in [6.45, 7) is 9.28. The lowest BCUT2D eigenvalue weighted by Gasteiger charge is -2.19. The van der Waals surface area contributed by atoms with Gasteiger partial charge in [-0.2, -0.15) is 0 Å². The van der Waals surface area contributed by atoms with Gasteiger partial charge in [0.25, 0.3) is 0 Å². The van der Waals surface area contributed by atoms with E-state index in [1.54, 1.807) is 0 Å². The van der Waals surface area contributed by atoms with Crippen LogP contribution in [0.25, 0.3) is 0 Å². The minimum Gasteiger partial charge on any atom is -0.354 e. The predicted octanol–water partition coefficient (Wildman–Crippen LogP) is 0.182. The number of hydrogen-bond donors (Lipinski definition) is 2. The van der Waals surface area contributed by atoms with Crippen molar-refractivity contribution >= 4 is 5.91 Å². The zero-order valence-corrected chi connectivity index (χ0v) is 9.55. The molecule has 0 saturated heterocycles. The highest BCUT2D eigenvalue weighted by Gasteiger charge is 2.06. The summed E-state index contributed by atoms with van der Waals surface area (Å²) in [5.74, 6) is 0.121. The molecule has 0 unspecified atom stereocenters. The Hall–Kier alpha value is -0.610. The minimum absolute atomic E-state index is 0.121. The van der Waals surface area contributed by atoms with Crippen molar-refractivity contribution in [2.24, 2.45) is 5.73 Å². The summed E-state index contributed by atoms with van der Waals surface area (Å²) in [6.07, 6.45) is 0.562. The SMILES string of the molecule is CCN(CCN)CCC(=O)NC(C)C. The van der Waals surface area contributed by atoms with Gasteiger partial charge in [-0.05, 0) is 20.4 Å². The zero-order chi connectivity index (χ0) is 11.0. The van der Waals surface area contributed by atoms with Gasteiger partial charge in [-0.25, -0.2) is 0 Å². The summed E-state index contributed by atoms with van der Waals surface area (Å²) in [6, 6.07) is 0.229. The molecule has 0 heterocycles. The summed E-state index contributed by atoms with van der Waals surface area (Å²) >= 11 is 0. The largest absolute Gasteiger partial charge is 0.354 e. The summed E-state index contributed by atoms with van der Waals surface area (Å²) < 4.78 is 0. The third-order valence-electron chi connectivity index (χ3n) is 2.00. The fourth-order valence-corrected chi connectivity index (χ4v) is 1.26. The molecule has 0 aliphatic rings. The summed E-state index contributed by atoms with van der Waals surface area (Å²) in [5.41, 5.74) is 5.45. The Kier molecular flexibility index (Phi) is 7.42. The smallest absolute Gasteiger partial charge is 0.221 e.